The van der Waals surface area contributed by atoms with Gasteiger partial charge in [-0.05, 0) is 29.2 Å². The maximum atomic E-state index is 12.1. The number of fused-ring (bicyclic) bond motifs is 2. The molecule has 1 N–H and O–H groups in total. The fourth-order valence-electron chi connectivity index (χ4n) is 3.28. The average Bonchev–Trinajstić information content (AvgIpc) is 2.59. The molecule has 2 aromatic rings. The van der Waals surface area contributed by atoms with Crippen molar-refractivity contribution in [3.63, 3.8) is 0 Å². The second-order valence-electron chi connectivity index (χ2n) is 5.98. The number of hydrogen-bond acceptors (Lipinski definition) is 3. The number of anilines is 1. The van der Waals surface area contributed by atoms with Crippen LogP contribution in [0.15, 0.2) is 36.4 Å². The lowest BCUT2D eigenvalue weighted by Gasteiger charge is -2.29. The van der Waals surface area contributed by atoms with Gasteiger partial charge in [0, 0.05) is 24.1 Å². The fraction of sp³-hybridized carbons (Fsp3) is 0.316. The minimum Gasteiger partial charge on any atom is -0.486 e. The second-order valence-corrected chi connectivity index (χ2v) is 5.98. The van der Waals surface area contributed by atoms with Crippen molar-refractivity contribution < 1.29 is 14.3 Å². The van der Waals surface area contributed by atoms with Gasteiger partial charge in [0.05, 0.1) is 0 Å². The van der Waals surface area contributed by atoms with Crippen LogP contribution in [-0.4, -0.2) is 19.1 Å². The summed E-state index contributed by atoms with van der Waals surface area (Å²) in [5, 5.41) is 2.96. The Bertz CT molecular complexity index is 752. The number of ether oxygens (including phenoxy) is 2. The first kappa shape index (κ1) is 14.1. The molecule has 0 radical (unpaired) electrons. The number of rotatable bonds is 2. The Morgan fingerprint density at radius 2 is 1.78 bits per heavy atom. The van der Waals surface area contributed by atoms with Crippen molar-refractivity contribution in [2.24, 2.45) is 0 Å². The summed E-state index contributed by atoms with van der Waals surface area (Å²) in [7, 11) is 0. The van der Waals surface area contributed by atoms with Crippen molar-refractivity contribution >= 4 is 11.6 Å². The predicted molar refractivity (Wildman–Crippen MR) is 88.3 cm³/mol. The molecule has 0 saturated carbocycles. The molecule has 1 atom stereocenters. The predicted octanol–water partition coefficient (Wildman–Crippen LogP) is 3.49. The van der Waals surface area contributed by atoms with Gasteiger partial charge in [-0.15, -0.1) is 0 Å². The molecule has 2 aliphatic rings. The van der Waals surface area contributed by atoms with Gasteiger partial charge in [0.25, 0.3) is 0 Å². The van der Waals surface area contributed by atoms with Crippen molar-refractivity contribution in [2.75, 3.05) is 18.5 Å². The molecule has 0 bridgehead atoms. The van der Waals surface area contributed by atoms with Crippen LogP contribution in [0.2, 0.25) is 0 Å². The van der Waals surface area contributed by atoms with Gasteiger partial charge in [0.2, 0.25) is 5.91 Å². The summed E-state index contributed by atoms with van der Waals surface area (Å²) in [5.74, 6) is 1.57. The summed E-state index contributed by atoms with van der Waals surface area (Å²) in [6.07, 6.45) is 1.47. The third-order valence-corrected chi connectivity index (χ3v) is 4.54. The lowest BCUT2D eigenvalue weighted by molar-refractivity contribution is -0.116. The molecule has 0 aliphatic carbocycles. The van der Waals surface area contributed by atoms with E-state index in [0.717, 1.165) is 29.0 Å². The number of hydrogen-bond donors (Lipinski definition) is 1. The van der Waals surface area contributed by atoms with E-state index in [9.17, 15) is 4.79 Å². The van der Waals surface area contributed by atoms with Crippen molar-refractivity contribution in [3.05, 3.63) is 53.1 Å². The van der Waals surface area contributed by atoms with Gasteiger partial charge in [-0.2, -0.15) is 0 Å². The van der Waals surface area contributed by atoms with E-state index in [1.54, 1.807) is 0 Å². The van der Waals surface area contributed by atoms with Crippen molar-refractivity contribution in [2.45, 2.75) is 25.7 Å². The molecule has 0 aromatic heterocycles. The number of carbonyl (C=O) groups excluding carboxylic acids is 1. The number of benzene rings is 2. The number of aryl methyl sites for hydroxylation is 1. The zero-order valence-electron chi connectivity index (χ0n) is 13.1. The zero-order chi connectivity index (χ0) is 15.8. The average molecular weight is 309 g/mol. The van der Waals surface area contributed by atoms with Crippen LogP contribution in [-0.2, 0) is 11.2 Å². The molecular formula is C19H19NO3. The largest absolute Gasteiger partial charge is 0.486 e. The minimum atomic E-state index is 0.0405. The number of nitrogens with one attached hydrogen (secondary N) is 1. The highest BCUT2D eigenvalue weighted by Gasteiger charge is 2.29. The first-order valence-electron chi connectivity index (χ1n) is 8.07. The molecular weight excluding hydrogens is 290 g/mol. The van der Waals surface area contributed by atoms with E-state index in [0.29, 0.717) is 25.4 Å². The Hall–Kier alpha value is -2.49. The molecule has 4 nitrogen and oxygen atoms in total. The summed E-state index contributed by atoms with van der Waals surface area (Å²) >= 11 is 0. The second kappa shape index (κ2) is 5.61. The smallest absolute Gasteiger partial charge is 0.225 e. The maximum absolute atomic E-state index is 12.1. The van der Waals surface area contributed by atoms with Gasteiger partial charge in [-0.1, -0.05) is 31.2 Å². The zero-order valence-corrected chi connectivity index (χ0v) is 13.1. The van der Waals surface area contributed by atoms with Crippen molar-refractivity contribution in [1.29, 1.82) is 0 Å². The van der Waals surface area contributed by atoms with Crippen molar-refractivity contribution in [3.8, 4) is 11.5 Å². The maximum Gasteiger partial charge on any atom is 0.225 e. The molecule has 2 aliphatic heterocycles. The van der Waals surface area contributed by atoms with E-state index in [1.807, 2.05) is 12.1 Å². The third kappa shape index (κ3) is 2.54. The van der Waals surface area contributed by atoms with E-state index in [1.165, 1.54) is 5.56 Å². The molecule has 23 heavy (non-hydrogen) atoms. The van der Waals surface area contributed by atoms with Crippen molar-refractivity contribution in [1.82, 2.24) is 0 Å². The summed E-state index contributed by atoms with van der Waals surface area (Å²) in [6.45, 7) is 3.25. The van der Waals surface area contributed by atoms with Crippen LogP contribution in [0.1, 0.15) is 36.0 Å². The minimum absolute atomic E-state index is 0.0405. The van der Waals surface area contributed by atoms with E-state index in [4.69, 9.17) is 9.47 Å². The molecule has 4 rings (SSSR count). The molecule has 0 unspecified atom stereocenters. The van der Waals surface area contributed by atoms with E-state index in [-0.39, 0.29) is 11.8 Å². The van der Waals surface area contributed by atoms with Crippen LogP contribution < -0.4 is 14.8 Å². The third-order valence-electron chi connectivity index (χ3n) is 4.54. The van der Waals surface area contributed by atoms with Crippen LogP contribution in [0.4, 0.5) is 5.69 Å². The standard InChI is InChI=1S/C19H19NO3/c1-2-12-3-5-13(6-4-12)14-10-19(21)20-16-11-18-17(9-15(14)16)22-7-8-23-18/h3-6,9,11,14H,2,7-8,10H2,1H3,(H,20,21)/t14-/m1/s1. The summed E-state index contributed by atoms with van der Waals surface area (Å²) in [5.41, 5.74) is 4.39. The van der Waals surface area contributed by atoms with Gasteiger partial charge < -0.3 is 14.8 Å². The summed E-state index contributed by atoms with van der Waals surface area (Å²) < 4.78 is 11.3. The van der Waals surface area contributed by atoms with Crippen LogP contribution >= 0.6 is 0 Å². The van der Waals surface area contributed by atoms with Crippen LogP contribution in [0.25, 0.3) is 0 Å². The van der Waals surface area contributed by atoms with Crippen LogP contribution in [0.5, 0.6) is 11.5 Å². The van der Waals surface area contributed by atoms with Crippen LogP contribution in [0.3, 0.4) is 0 Å². The Kier molecular flexibility index (Phi) is 3.45. The van der Waals surface area contributed by atoms with Gasteiger partial charge in [0.1, 0.15) is 13.2 Å². The highest BCUT2D eigenvalue weighted by atomic mass is 16.6. The van der Waals surface area contributed by atoms with Gasteiger partial charge in [0.15, 0.2) is 11.5 Å². The Morgan fingerprint density at radius 3 is 2.48 bits per heavy atom. The quantitative estimate of drug-likeness (QED) is 0.923. The monoisotopic (exact) mass is 309 g/mol. The first-order valence-corrected chi connectivity index (χ1v) is 8.07. The topological polar surface area (TPSA) is 47.6 Å². The molecule has 2 heterocycles. The molecule has 0 saturated heterocycles. The lowest BCUT2D eigenvalue weighted by Crippen LogP contribution is -2.24. The van der Waals surface area contributed by atoms with Crippen LogP contribution in [0, 0.1) is 0 Å². The molecule has 0 fully saturated rings. The molecule has 0 spiro atoms. The Morgan fingerprint density at radius 1 is 1.09 bits per heavy atom. The van der Waals surface area contributed by atoms with Gasteiger partial charge in [-0.3, -0.25) is 4.79 Å². The van der Waals surface area contributed by atoms with E-state index < -0.39 is 0 Å². The molecule has 1 amide bonds. The number of carbonyl (C=O) groups is 1. The lowest BCUT2D eigenvalue weighted by atomic mass is 9.84. The highest BCUT2D eigenvalue weighted by Crippen LogP contribution is 2.43. The fourth-order valence-corrected chi connectivity index (χ4v) is 3.28. The van der Waals surface area contributed by atoms with E-state index in [2.05, 4.69) is 36.5 Å². The number of amides is 1. The summed E-state index contributed by atoms with van der Waals surface area (Å²) in [6, 6.07) is 12.4. The molecule has 2 aromatic carbocycles. The first-order chi connectivity index (χ1) is 11.2. The molecule has 4 heteroatoms. The molecule has 118 valence electrons. The van der Waals surface area contributed by atoms with Gasteiger partial charge in [-0.25, -0.2) is 0 Å². The van der Waals surface area contributed by atoms with Gasteiger partial charge >= 0.3 is 0 Å². The normalized spacial score (nSPS) is 19.0. The van der Waals surface area contributed by atoms with E-state index >= 15 is 0 Å². The highest BCUT2D eigenvalue weighted by molar-refractivity contribution is 5.96. The summed E-state index contributed by atoms with van der Waals surface area (Å²) in [4.78, 5) is 12.1. The Labute approximate surface area is 135 Å². The SMILES string of the molecule is CCc1ccc([C@H]2CC(=O)Nc3cc4c(cc32)OCCO4)cc1. The Balaban J connectivity index is 1.78.